The van der Waals surface area contributed by atoms with Gasteiger partial charge in [-0.1, -0.05) is 0 Å². The number of aliphatic carboxylic acids is 1. The van der Waals surface area contributed by atoms with Crippen molar-refractivity contribution in [3.63, 3.8) is 0 Å². The highest BCUT2D eigenvalue weighted by Gasteiger charge is 2.18. The fourth-order valence-electron chi connectivity index (χ4n) is 1.41. The van der Waals surface area contributed by atoms with E-state index >= 15 is 0 Å². The van der Waals surface area contributed by atoms with Crippen molar-refractivity contribution in [2.75, 3.05) is 32.7 Å². The second kappa shape index (κ2) is 5.16. The van der Waals surface area contributed by atoms with E-state index in [-0.39, 0.29) is 6.54 Å². The molecule has 0 spiro atoms. The molecule has 1 fully saturated rings. The number of hydrogen-bond donors (Lipinski definition) is 3. The molecule has 1 atom stereocenters. The van der Waals surface area contributed by atoms with E-state index in [1.165, 1.54) is 0 Å². The van der Waals surface area contributed by atoms with Crippen LogP contribution in [0.4, 0.5) is 0 Å². The molecule has 0 radical (unpaired) electrons. The zero-order valence-corrected chi connectivity index (χ0v) is 7.57. The first-order chi connectivity index (χ1) is 6.20. The fraction of sp³-hybridized carbons (Fsp3) is 0.875. The summed E-state index contributed by atoms with van der Waals surface area (Å²) in [5.74, 6) is -1.14. The van der Waals surface area contributed by atoms with Gasteiger partial charge in [-0.25, -0.2) is 4.79 Å². The van der Waals surface area contributed by atoms with Crippen molar-refractivity contribution in [3.05, 3.63) is 0 Å². The van der Waals surface area contributed by atoms with E-state index in [1.807, 2.05) is 4.90 Å². The summed E-state index contributed by atoms with van der Waals surface area (Å²) in [4.78, 5) is 12.3. The van der Waals surface area contributed by atoms with Crippen LogP contribution in [-0.2, 0) is 4.79 Å². The number of carbonyl (C=O) groups is 1. The molecule has 1 heterocycles. The van der Waals surface area contributed by atoms with Crippen molar-refractivity contribution in [1.82, 2.24) is 10.2 Å². The first-order valence-corrected chi connectivity index (χ1v) is 4.54. The van der Waals surface area contributed by atoms with E-state index in [4.69, 9.17) is 10.2 Å². The van der Waals surface area contributed by atoms with Gasteiger partial charge in [0.15, 0.2) is 6.10 Å². The van der Waals surface area contributed by atoms with Crippen molar-refractivity contribution >= 4 is 5.97 Å². The molecule has 3 N–H and O–H groups in total. The van der Waals surface area contributed by atoms with Gasteiger partial charge in [0.05, 0.1) is 0 Å². The van der Waals surface area contributed by atoms with Crippen molar-refractivity contribution < 1.29 is 15.0 Å². The normalized spacial score (nSPS) is 22.2. The summed E-state index contributed by atoms with van der Waals surface area (Å²) in [7, 11) is 0. The molecule has 76 valence electrons. The van der Waals surface area contributed by atoms with Gasteiger partial charge >= 0.3 is 5.97 Å². The highest BCUT2D eigenvalue weighted by atomic mass is 16.4. The number of carboxylic acids is 1. The largest absolute Gasteiger partial charge is 0.479 e. The van der Waals surface area contributed by atoms with E-state index in [1.54, 1.807) is 0 Å². The van der Waals surface area contributed by atoms with Gasteiger partial charge < -0.3 is 15.5 Å². The Morgan fingerprint density at radius 2 is 2.23 bits per heavy atom. The molecule has 0 aliphatic carbocycles. The van der Waals surface area contributed by atoms with Gasteiger partial charge in [0.2, 0.25) is 0 Å². The molecule has 5 nitrogen and oxygen atoms in total. The Hall–Kier alpha value is -0.650. The first kappa shape index (κ1) is 10.4. The SMILES string of the molecule is O=C(O)C(O)CN1CCCNCC1. The minimum Gasteiger partial charge on any atom is -0.479 e. The molecule has 5 heteroatoms. The summed E-state index contributed by atoms with van der Waals surface area (Å²) in [5.41, 5.74) is 0. The molecule has 0 bridgehead atoms. The molecule has 1 saturated heterocycles. The van der Waals surface area contributed by atoms with Crippen molar-refractivity contribution in [2.45, 2.75) is 12.5 Å². The summed E-state index contributed by atoms with van der Waals surface area (Å²) >= 11 is 0. The molecule has 0 aromatic heterocycles. The Labute approximate surface area is 77.3 Å². The number of nitrogens with zero attached hydrogens (tertiary/aromatic N) is 1. The molecule has 0 aromatic rings. The Morgan fingerprint density at radius 1 is 1.46 bits per heavy atom. The van der Waals surface area contributed by atoms with Crippen LogP contribution in [0.2, 0.25) is 0 Å². The van der Waals surface area contributed by atoms with Crippen LogP contribution in [-0.4, -0.2) is 59.9 Å². The smallest absolute Gasteiger partial charge is 0.333 e. The molecule has 1 aliphatic heterocycles. The predicted molar refractivity (Wildman–Crippen MR) is 47.6 cm³/mol. The lowest BCUT2D eigenvalue weighted by molar-refractivity contribution is -0.147. The third-order valence-corrected chi connectivity index (χ3v) is 2.15. The Morgan fingerprint density at radius 3 is 2.92 bits per heavy atom. The van der Waals surface area contributed by atoms with E-state index in [9.17, 15) is 4.79 Å². The average Bonchev–Trinajstić information content (AvgIpc) is 2.32. The average molecular weight is 188 g/mol. The highest BCUT2D eigenvalue weighted by molar-refractivity contribution is 5.72. The summed E-state index contributed by atoms with van der Waals surface area (Å²) in [6.07, 6.45) is -0.245. The number of β-amino-alcohol motifs (C(OH)–C–C–N with tert-alkyl or cyclic N) is 1. The van der Waals surface area contributed by atoms with Crippen LogP contribution in [0, 0.1) is 0 Å². The minimum atomic E-state index is -1.25. The second-order valence-electron chi connectivity index (χ2n) is 3.26. The van der Waals surface area contributed by atoms with Crippen LogP contribution in [0.1, 0.15) is 6.42 Å². The van der Waals surface area contributed by atoms with Crippen LogP contribution in [0.3, 0.4) is 0 Å². The summed E-state index contributed by atoms with van der Waals surface area (Å²) in [6, 6.07) is 0. The van der Waals surface area contributed by atoms with E-state index in [0.717, 1.165) is 32.6 Å². The molecule has 1 rings (SSSR count). The van der Waals surface area contributed by atoms with Crippen LogP contribution in [0.5, 0.6) is 0 Å². The molecule has 13 heavy (non-hydrogen) atoms. The number of carboxylic acid groups (broad SMARTS) is 1. The monoisotopic (exact) mass is 188 g/mol. The van der Waals surface area contributed by atoms with Gasteiger partial charge in [0.25, 0.3) is 0 Å². The molecular formula is C8H16N2O3. The Balaban J connectivity index is 2.29. The minimum absolute atomic E-state index is 0.233. The Bertz CT molecular complexity index is 167. The number of hydrogen-bond acceptors (Lipinski definition) is 4. The summed E-state index contributed by atoms with van der Waals surface area (Å²) in [6.45, 7) is 3.74. The van der Waals surface area contributed by atoms with Crippen LogP contribution in [0.25, 0.3) is 0 Å². The third kappa shape index (κ3) is 3.71. The van der Waals surface area contributed by atoms with Crippen LogP contribution in [0.15, 0.2) is 0 Å². The highest BCUT2D eigenvalue weighted by Crippen LogP contribution is 1.97. The maximum atomic E-state index is 10.4. The molecule has 0 amide bonds. The van der Waals surface area contributed by atoms with Crippen molar-refractivity contribution in [2.24, 2.45) is 0 Å². The molecular weight excluding hydrogens is 172 g/mol. The van der Waals surface area contributed by atoms with Crippen LogP contribution >= 0.6 is 0 Å². The second-order valence-corrected chi connectivity index (χ2v) is 3.26. The third-order valence-electron chi connectivity index (χ3n) is 2.15. The van der Waals surface area contributed by atoms with Gasteiger partial charge in [-0.05, 0) is 19.5 Å². The summed E-state index contributed by atoms with van der Waals surface area (Å²) < 4.78 is 0. The van der Waals surface area contributed by atoms with Gasteiger partial charge in [0.1, 0.15) is 0 Å². The molecule has 0 aromatic carbocycles. The number of rotatable bonds is 3. The predicted octanol–water partition coefficient (Wildman–Crippen LogP) is -1.27. The van der Waals surface area contributed by atoms with Gasteiger partial charge in [-0.2, -0.15) is 0 Å². The zero-order chi connectivity index (χ0) is 9.68. The topological polar surface area (TPSA) is 72.8 Å². The molecule has 1 aliphatic rings. The van der Waals surface area contributed by atoms with Crippen molar-refractivity contribution in [3.8, 4) is 0 Å². The lowest BCUT2D eigenvalue weighted by Crippen LogP contribution is -2.38. The molecule has 0 saturated carbocycles. The first-order valence-electron chi connectivity index (χ1n) is 4.54. The number of aliphatic hydroxyl groups excluding tert-OH is 1. The zero-order valence-electron chi connectivity index (χ0n) is 7.57. The number of aliphatic hydroxyl groups is 1. The van der Waals surface area contributed by atoms with Gasteiger partial charge in [0, 0.05) is 19.6 Å². The lowest BCUT2D eigenvalue weighted by atomic mass is 10.3. The van der Waals surface area contributed by atoms with Gasteiger partial charge in [-0.3, -0.25) is 4.90 Å². The van der Waals surface area contributed by atoms with Crippen molar-refractivity contribution in [1.29, 1.82) is 0 Å². The standard InChI is InChI=1S/C8H16N2O3/c11-7(8(12)13)6-10-4-1-2-9-3-5-10/h7,9,11H,1-6H2,(H,12,13). The molecule has 1 unspecified atom stereocenters. The van der Waals surface area contributed by atoms with E-state index in [2.05, 4.69) is 5.32 Å². The summed E-state index contributed by atoms with van der Waals surface area (Å²) in [5, 5.41) is 20.8. The maximum absolute atomic E-state index is 10.4. The Kier molecular flexibility index (Phi) is 4.14. The van der Waals surface area contributed by atoms with E-state index < -0.39 is 12.1 Å². The lowest BCUT2D eigenvalue weighted by Gasteiger charge is -2.20. The van der Waals surface area contributed by atoms with E-state index in [0.29, 0.717) is 0 Å². The quantitative estimate of drug-likeness (QED) is 0.515. The maximum Gasteiger partial charge on any atom is 0.333 e. The van der Waals surface area contributed by atoms with Gasteiger partial charge in [-0.15, -0.1) is 0 Å². The fourth-order valence-corrected chi connectivity index (χ4v) is 1.41. The number of nitrogens with one attached hydrogen (secondary N) is 1. The van der Waals surface area contributed by atoms with Crippen LogP contribution < -0.4 is 5.32 Å².